The Labute approximate surface area is 116 Å². The van der Waals surface area contributed by atoms with Crippen LogP contribution in [0.2, 0.25) is 0 Å². The molecular formula is C13H15NO5S. The zero-order chi connectivity index (χ0) is 15.1. The molecule has 1 heterocycles. The monoisotopic (exact) mass is 297 g/mol. The molecule has 2 unspecified atom stereocenters. The molecule has 7 heteroatoms. The van der Waals surface area contributed by atoms with E-state index in [0.29, 0.717) is 11.3 Å². The molecule has 1 N–H and O–H groups in total. The molecule has 1 aliphatic rings. The van der Waals surface area contributed by atoms with Crippen LogP contribution in [0, 0.1) is 0 Å². The van der Waals surface area contributed by atoms with Crippen molar-refractivity contribution in [2.24, 2.45) is 0 Å². The topological polar surface area (TPSA) is 91.8 Å². The van der Waals surface area contributed by atoms with Crippen LogP contribution in [0.4, 0.5) is 5.69 Å². The molecule has 0 bridgehead atoms. The zero-order valence-corrected chi connectivity index (χ0v) is 11.9. The van der Waals surface area contributed by atoms with E-state index in [9.17, 15) is 23.1 Å². The molecule has 0 aliphatic carbocycles. The number of anilines is 1. The number of hydrogen-bond donors (Lipinski definition) is 1. The fourth-order valence-electron chi connectivity index (χ4n) is 2.23. The van der Waals surface area contributed by atoms with E-state index < -0.39 is 32.9 Å². The third kappa shape index (κ3) is 2.40. The lowest BCUT2D eigenvalue weighted by Crippen LogP contribution is -2.41. The number of nitrogens with zero attached hydrogens (tertiary/aromatic N) is 1. The minimum absolute atomic E-state index is 0.0344. The first-order valence-electron chi connectivity index (χ1n) is 6.05. The lowest BCUT2D eigenvalue weighted by Gasteiger charge is -2.20. The van der Waals surface area contributed by atoms with Crippen LogP contribution in [0.3, 0.4) is 0 Å². The van der Waals surface area contributed by atoms with Crippen molar-refractivity contribution < 1.29 is 23.1 Å². The van der Waals surface area contributed by atoms with Gasteiger partial charge in [-0.15, -0.1) is 0 Å². The van der Waals surface area contributed by atoms with Crippen molar-refractivity contribution in [1.29, 1.82) is 0 Å². The summed E-state index contributed by atoms with van der Waals surface area (Å²) in [6.45, 7) is 1.28. The average molecular weight is 297 g/mol. The number of fused-ring (bicyclic) bond motifs is 1. The maximum absolute atomic E-state index is 12.3. The number of carboxylic acids is 1. The Bertz CT molecular complexity index is 667. The van der Waals surface area contributed by atoms with E-state index in [-0.39, 0.29) is 6.54 Å². The molecule has 1 aromatic carbocycles. The smallest absolute Gasteiger partial charge is 0.312 e. The summed E-state index contributed by atoms with van der Waals surface area (Å²) in [6.07, 6.45) is 0.992. The lowest BCUT2D eigenvalue weighted by molar-refractivity contribution is -0.138. The number of carbonyl (C=O) groups is 2. The van der Waals surface area contributed by atoms with Gasteiger partial charge in [-0.25, -0.2) is 8.42 Å². The Morgan fingerprint density at radius 1 is 1.35 bits per heavy atom. The highest BCUT2D eigenvalue weighted by Gasteiger charge is 2.39. The highest BCUT2D eigenvalue weighted by molar-refractivity contribution is 7.92. The zero-order valence-electron chi connectivity index (χ0n) is 11.1. The second-order valence-corrected chi connectivity index (χ2v) is 7.24. The van der Waals surface area contributed by atoms with Gasteiger partial charge < -0.3 is 10.0 Å². The summed E-state index contributed by atoms with van der Waals surface area (Å²) >= 11 is 0. The Morgan fingerprint density at radius 2 is 1.95 bits per heavy atom. The molecule has 1 aliphatic heterocycles. The maximum atomic E-state index is 12.3. The quantitative estimate of drug-likeness (QED) is 0.883. The van der Waals surface area contributed by atoms with Gasteiger partial charge in [0.1, 0.15) is 11.2 Å². The molecular weight excluding hydrogens is 282 g/mol. The summed E-state index contributed by atoms with van der Waals surface area (Å²) in [4.78, 5) is 24.8. The third-order valence-corrected chi connectivity index (χ3v) is 5.01. The van der Waals surface area contributed by atoms with Gasteiger partial charge in [-0.05, 0) is 18.6 Å². The molecule has 0 spiro atoms. The number of para-hydroxylation sites is 1. The molecule has 0 fully saturated rings. The van der Waals surface area contributed by atoms with E-state index in [0.717, 1.165) is 6.26 Å². The number of aliphatic carboxylic acids is 1. The Morgan fingerprint density at radius 3 is 2.50 bits per heavy atom. The standard InChI is InChI=1S/C13H15NO5S/c1-8(20(2,18)19)12(15)14-7-10(13(16)17)9-5-3-4-6-11(9)14/h3-6,8,10H,7H2,1-2H3,(H,16,17). The van der Waals surface area contributed by atoms with Gasteiger partial charge >= 0.3 is 5.97 Å². The van der Waals surface area contributed by atoms with Crippen LogP contribution in [0.1, 0.15) is 18.4 Å². The number of amides is 1. The predicted molar refractivity (Wildman–Crippen MR) is 73.5 cm³/mol. The van der Waals surface area contributed by atoms with Gasteiger partial charge in [-0.2, -0.15) is 0 Å². The van der Waals surface area contributed by atoms with E-state index in [1.165, 1.54) is 11.8 Å². The summed E-state index contributed by atoms with van der Waals surface area (Å²) in [5.41, 5.74) is 1.01. The fourth-order valence-corrected chi connectivity index (χ4v) is 2.72. The van der Waals surface area contributed by atoms with Crippen LogP contribution in [0.25, 0.3) is 0 Å². The van der Waals surface area contributed by atoms with Crippen molar-refractivity contribution in [3.8, 4) is 0 Å². The van der Waals surface area contributed by atoms with Gasteiger partial charge in [0.15, 0.2) is 9.84 Å². The molecule has 0 aromatic heterocycles. The van der Waals surface area contributed by atoms with Crippen LogP contribution >= 0.6 is 0 Å². The van der Waals surface area contributed by atoms with Gasteiger partial charge in [0.2, 0.25) is 5.91 Å². The van der Waals surface area contributed by atoms with Crippen LogP contribution in [0.5, 0.6) is 0 Å². The molecule has 1 amide bonds. The summed E-state index contributed by atoms with van der Waals surface area (Å²) < 4.78 is 23.0. The number of benzene rings is 1. The second kappa shape index (κ2) is 4.90. The molecule has 0 saturated heterocycles. The summed E-state index contributed by atoms with van der Waals surface area (Å²) in [5.74, 6) is -2.44. The fraction of sp³-hybridized carbons (Fsp3) is 0.385. The van der Waals surface area contributed by atoms with E-state index >= 15 is 0 Å². The van der Waals surface area contributed by atoms with Gasteiger partial charge in [0.25, 0.3) is 0 Å². The number of carbonyl (C=O) groups excluding carboxylic acids is 1. The molecule has 0 radical (unpaired) electrons. The second-order valence-electron chi connectivity index (χ2n) is 4.87. The van der Waals surface area contributed by atoms with Crippen LogP contribution in [-0.4, -0.2) is 43.5 Å². The highest BCUT2D eigenvalue weighted by Crippen LogP contribution is 2.36. The Balaban J connectivity index is 2.41. The normalized spacial score (nSPS) is 19.5. The van der Waals surface area contributed by atoms with Crippen molar-refractivity contribution in [3.63, 3.8) is 0 Å². The molecule has 108 valence electrons. The van der Waals surface area contributed by atoms with Crippen molar-refractivity contribution in [3.05, 3.63) is 29.8 Å². The minimum Gasteiger partial charge on any atom is -0.481 e. The number of hydrogen-bond acceptors (Lipinski definition) is 4. The number of carboxylic acid groups (broad SMARTS) is 1. The number of sulfone groups is 1. The predicted octanol–water partition coefficient (Wildman–Crippen LogP) is 0.634. The van der Waals surface area contributed by atoms with Gasteiger partial charge in [0.05, 0.1) is 0 Å². The van der Waals surface area contributed by atoms with Crippen LogP contribution < -0.4 is 4.90 Å². The summed E-state index contributed by atoms with van der Waals surface area (Å²) in [5, 5.41) is 8.01. The average Bonchev–Trinajstić information content (AvgIpc) is 2.75. The first kappa shape index (κ1) is 14.5. The molecule has 6 nitrogen and oxygen atoms in total. The summed E-state index contributed by atoms with van der Waals surface area (Å²) in [7, 11) is -3.52. The van der Waals surface area contributed by atoms with E-state index in [1.807, 2.05) is 0 Å². The van der Waals surface area contributed by atoms with Gasteiger partial charge in [0, 0.05) is 18.5 Å². The molecule has 1 aromatic rings. The van der Waals surface area contributed by atoms with E-state index in [2.05, 4.69) is 0 Å². The van der Waals surface area contributed by atoms with Crippen LogP contribution in [-0.2, 0) is 19.4 Å². The Kier molecular flexibility index (Phi) is 3.56. The van der Waals surface area contributed by atoms with Crippen molar-refractivity contribution >= 4 is 27.4 Å². The summed E-state index contributed by atoms with van der Waals surface area (Å²) in [6, 6.07) is 6.66. The molecule has 20 heavy (non-hydrogen) atoms. The Hall–Kier alpha value is -1.89. The molecule has 2 rings (SSSR count). The lowest BCUT2D eigenvalue weighted by atomic mass is 10.0. The van der Waals surface area contributed by atoms with Gasteiger partial charge in [-0.1, -0.05) is 18.2 Å². The van der Waals surface area contributed by atoms with E-state index in [1.54, 1.807) is 24.3 Å². The number of rotatable bonds is 3. The largest absolute Gasteiger partial charge is 0.481 e. The maximum Gasteiger partial charge on any atom is 0.312 e. The first-order valence-corrected chi connectivity index (χ1v) is 8.01. The molecule has 2 atom stereocenters. The van der Waals surface area contributed by atoms with Crippen molar-refractivity contribution in [2.75, 3.05) is 17.7 Å². The first-order chi connectivity index (χ1) is 9.23. The molecule has 0 saturated carbocycles. The third-order valence-electron chi connectivity index (χ3n) is 3.52. The van der Waals surface area contributed by atoms with Crippen molar-refractivity contribution in [1.82, 2.24) is 0 Å². The minimum atomic E-state index is -3.52. The SMILES string of the molecule is CC(C(=O)N1CC(C(=O)O)c2ccccc21)S(C)(=O)=O. The van der Waals surface area contributed by atoms with Crippen LogP contribution in [0.15, 0.2) is 24.3 Å². The van der Waals surface area contributed by atoms with Gasteiger partial charge in [-0.3, -0.25) is 9.59 Å². The van der Waals surface area contributed by atoms with E-state index in [4.69, 9.17) is 0 Å². The highest BCUT2D eigenvalue weighted by atomic mass is 32.2. The van der Waals surface area contributed by atoms with Crippen molar-refractivity contribution in [2.45, 2.75) is 18.1 Å².